The number of hydrogen-bond acceptors (Lipinski definition) is 5. The van der Waals surface area contributed by atoms with Gasteiger partial charge in [0, 0.05) is 16.5 Å². The van der Waals surface area contributed by atoms with Crippen molar-refractivity contribution >= 4 is 80.6 Å². The number of carbonyl (C=O) groups is 4. The first-order valence-corrected chi connectivity index (χ1v) is 16.6. The maximum absolute atomic E-state index is 15.3. The van der Waals surface area contributed by atoms with Crippen LogP contribution in [-0.4, -0.2) is 38.5 Å². The van der Waals surface area contributed by atoms with Crippen molar-refractivity contribution in [1.29, 1.82) is 0 Å². The van der Waals surface area contributed by atoms with Crippen LogP contribution in [-0.2, 0) is 19.2 Å². The molecule has 2 aliphatic carbocycles. The van der Waals surface area contributed by atoms with Gasteiger partial charge in [-0.25, -0.2) is 26.9 Å². The van der Waals surface area contributed by atoms with Crippen molar-refractivity contribution in [2.75, 3.05) is 9.80 Å². The van der Waals surface area contributed by atoms with Gasteiger partial charge in [-0.1, -0.05) is 53.6 Å². The predicted molar refractivity (Wildman–Crippen MR) is 176 cm³/mol. The van der Waals surface area contributed by atoms with Crippen LogP contribution in [0.1, 0.15) is 24.3 Å². The molecule has 0 radical (unpaired) electrons. The van der Waals surface area contributed by atoms with Crippen molar-refractivity contribution < 1.29 is 46.2 Å². The lowest BCUT2D eigenvalue weighted by molar-refractivity contribution is -0.125. The molecule has 1 N–H and O–H groups in total. The number of amides is 4. The van der Waals surface area contributed by atoms with Gasteiger partial charge in [0.05, 0.1) is 17.5 Å². The molecule has 2 saturated heterocycles. The van der Waals surface area contributed by atoms with Gasteiger partial charge in [0.25, 0.3) is 11.8 Å². The van der Waals surface area contributed by atoms with Crippen molar-refractivity contribution in [3.8, 4) is 5.75 Å². The fourth-order valence-electron chi connectivity index (χ4n) is 8.32. The molecule has 0 spiro atoms. The Kier molecular flexibility index (Phi) is 7.41. The van der Waals surface area contributed by atoms with Crippen LogP contribution in [0.5, 0.6) is 5.75 Å². The Morgan fingerprint density at radius 3 is 2.02 bits per heavy atom. The summed E-state index contributed by atoms with van der Waals surface area (Å²) in [7, 11) is 0. The summed E-state index contributed by atoms with van der Waals surface area (Å²) in [5.74, 6) is -22.2. The van der Waals surface area contributed by atoms with E-state index >= 15 is 8.78 Å². The monoisotopic (exact) mass is 760 g/mol. The molecule has 2 heterocycles. The number of hydrogen-bond donors (Lipinski definition) is 1. The number of rotatable bonds is 3. The van der Waals surface area contributed by atoms with E-state index in [1.165, 1.54) is 30.3 Å². The van der Waals surface area contributed by atoms with E-state index in [0.717, 1.165) is 4.90 Å². The number of imide groups is 2. The molecule has 260 valence electrons. The van der Waals surface area contributed by atoms with Gasteiger partial charge in [0.2, 0.25) is 17.6 Å². The smallest absolute Gasteiger partial charge is 0.258 e. The van der Waals surface area contributed by atoms with E-state index in [0.29, 0.717) is 15.8 Å². The Balaban J connectivity index is 1.37. The summed E-state index contributed by atoms with van der Waals surface area (Å²) in [5, 5.41) is 12.6. The SMILES string of the molecule is O=C1C2CC=C3C(CC4(Cl)C(=O)N(c5c(F)c(F)c(F)c(F)c5F)C(=O)C4(Cl)C3c3c(O)ccc4ccccc34)C2C(=O)N1c1ccc(Cl)cc1. The van der Waals surface area contributed by atoms with Crippen LogP contribution in [0.15, 0.2) is 72.3 Å². The maximum Gasteiger partial charge on any atom is 0.258 e. The van der Waals surface area contributed by atoms with Gasteiger partial charge >= 0.3 is 0 Å². The number of allylic oxidation sites excluding steroid dienone is 2. The van der Waals surface area contributed by atoms with Crippen molar-refractivity contribution in [3.05, 3.63) is 112 Å². The Morgan fingerprint density at radius 1 is 0.725 bits per heavy atom. The van der Waals surface area contributed by atoms with Crippen molar-refractivity contribution in [1.82, 2.24) is 0 Å². The fraction of sp³-hybridized carbons (Fsp3) is 0.222. The van der Waals surface area contributed by atoms with E-state index in [2.05, 4.69) is 0 Å². The Labute approximate surface area is 299 Å². The second kappa shape index (κ2) is 11.2. The van der Waals surface area contributed by atoms with E-state index in [1.807, 2.05) is 0 Å². The third-order valence-electron chi connectivity index (χ3n) is 10.5. The summed E-state index contributed by atoms with van der Waals surface area (Å²) in [5.41, 5.74) is -1.50. The third-order valence-corrected chi connectivity index (χ3v) is 12.2. The molecule has 7 nitrogen and oxygen atoms in total. The topological polar surface area (TPSA) is 95.0 Å². The van der Waals surface area contributed by atoms with Crippen LogP contribution >= 0.6 is 34.8 Å². The summed E-state index contributed by atoms with van der Waals surface area (Å²) in [6.45, 7) is 0. The van der Waals surface area contributed by atoms with Crippen molar-refractivity contribution in [3.63, 3.8) is 0 Å². The summed E-state index contributed by atoms with van der Waals surface area (Å²) in [4.78, 5) is 52.3. The summed E-state index contributed by atoms with van der Waals surface area (Å²) in [6, 6.07) is 15.3. The maximum atomic E-state index is 15.3. The number of alkyl halides is 2. The van der Waals surface area contributed by atoms with Crippen LogP contribution in [0.3, 0.4) is 0 Å². The van der Waals surface area contributed by atoms with Gasteiger partial charge in [0.15, 0.2) is 33.0 Å². The highest BCUT2D eigenvalue weighted by Crippen LogP contribution is 2.67. The van der Waals surface area contributed by atoms with Gasteiger partial charge in [-0.3, -0.25) is 24.1 Å². The zero-order valence-electron chi connectivity index (χ0n) is 25.6. The fourth-order valence-corrected chi connectivity index (χ4v) is 9.36. The molecule has 0 aromatic heterocycles. The zero-order valence-corrected chi connectivity index (χ0v) is 27.8. The highest BCUT2D eigenvalue weighted by atomic mass is 35.5. The summed E-state index contributed by atoms with van der Waals surface area (Å²) >= 11 is 20.5. The quantitative estimate of drug-likeness (QED) is 0.0578. The first kappa shape index (κ1) is 33.6. The molecule has 51 heavy (non-hydrogen) atoms. The minimum atomic E-state index is -2.77. The third kappa shape index (κ3) is 4.24. The number of phenols is 1. The second-order valence-electron chi connectivity index (χ2n) is 12.9. The minimum absolute atomic E-state index is 0.0470. The number of halogens is 8. The minimum Gasteiger partial charge on any atom is -0.508 e. The highest BCUT2D eigenvalue weighted by molar-refractivity contribution is 6.58. The Morgan fingerprint density at radius 2 is 1.35 bits per heavy atom. The molecular weight excluding hydrogens is 742 g/mol. The first-order valence-electron chi connectivity index (χ1n) is 15.5. The average Bonchev–Trinajstić information content (AvgIpc) is 3.45. The normalized spacial score (nSPS) is 28.7. The lowest BCUT2D eigenvalue weighted by atomic mass is 9.56. The van der Waals surface area contributed by atoms with E-state index in [9.17, 15) is 37.5 Å². The number of aromatic hydroxyl groups is 1. The molecule has 1 saturated carbocycles. The largest absolute Gasteiger partial charge is 0.508 e. The van der Waals surface area contributed by atoms with Crippen LogP contribution in [0.2, 0.25) is 5.02 Å². The Bertz CT molecular complexity index is 2290. The number of benzene rings is 4. The van der Waals surface area contributed by atoms with Crippen LogP contribution in [0.25, 0.3) is 10.8 Å². The van der Waals surface area contributed by atoms with Crippen molar-refractivity contribution in [2.24, 2.45) is 17.8 Å². The lowest BCUT2D eigenvalue weighted by Gasteiger charge is -2.51. The molecule has 4 aliphatic rings. The van der Waals surface area contributed by atoms with Crippen LogP contribution < -0.4 is 9.80 Å². The van der Waals surface area contributed by atoms with Gasteiger partial charge in [-0.2, -0.15) is 0 Å². The van der Waals surface area contributed by atoms with Gasteiger partial charge < -0.3 is 5.11 Å². The number of anilines is 2. The summed E-state index contributed by atoms with van der Waals surface area (Å²) < 4.78 is 73.7. The number of fused-ring (bicyclic) bond motifs is 5. The predicted octanol–water partition coefficient (Wildman–Crippen LogP) is 7.66. The molecule has 6 unspecified atom stereocenters. The Hall–Kier alpha value is -4.52. The zero-order chi connectivity index (χ0) is 36.5. The van der Waals surface area contributed by atoms with Gasteiger partial charge in [0.1, 0.15) is 11.4 Å². The molecule has 8 rings (SSSR count). The average molecular weight is 762 g/mol. The molecule has 4 aromatic carbocycles. The van der Waals surface area contributed by atoms with E-state index in [1.54, 1.807) is 36.4 Å². The standard InChI is InChI=1S/C36H20Cl3F5N2O5/c37-15-6-8-16(9-7-15)45-31(48)19-11-10-18-20(22(19)32(45)49)13-35(38)33(50)46(30-28(43)26(41)25(40)27(42)29(30)44)34(51)36(35,39)24(18)23-17-4-2-1-3-14(17)5-12-21(23)47/h1-10,12,19-20,22,24,47H,11,13H2. The molecule has 3 fully saturated rings. The lowest BCUT2D eigenvalue weighted by Crippen LogP contribution is -2.60. The van der Waals surface area contributed by atoms with E-state index in [-0.39, 0.29) is 28.1 Å². The second-order valence-corrected chi connectivity index (χ2v) is 14.6. The van der Waals surface area contributed by atoms with E-state index in [4.69, 9.17) is 34.8 Å². The van der Waals surface area contributed by atoms with Crippen molar-refractivity contribution in [2.45, 2.75) is 28.5 Å². The molecule has 6 atom stereocenters. The number of phenolic OH excluding ortho intramolecular Hbond substituents is 1. The number of carbonyl (C=O) groups excluding carboxylic acids is 4. The summed E-state index contributed by atoms with van der Waals surface area (Å²) in [6.07, 6.45) is 0.837. The highest BCUT2D eigenvalue weighted by Gasteiger charge is 2.77. The molecule has 0 bridgehead atoms. The van der Waals surface area contributed by atoms with Gasteiger partial charge in [-0.15, -0.1) is 23.2 Å². The van der Waals surface area contributed by atoms with Crippen LogP contribution in [0.4, 0.5) is 33.3 Å². The first-order chi connectivity index (χ1) is 24.1. The van der Waals surface area contributed by atoms with Crippen LogP contribution in [0, 0.1) is 46.8 Å². The van der Waals surface area contributed by atoms with E-state index < -0.39 is 104 Å². The molecule has 2 aliphatic heterocycles. The molecule has 4 aromatic rings. The van der Waals surface area contributed by atoms with Gasteiger partial charge in [-0.05, 0) is 59.9 Å². The number of nitrogens with zero attached hydrogens (tertiary/aromatic N) is 2. The molecule has 15 heteroatoms. The molecule has 4 amide bonds. The molecular formula is C36H20Cl3F5N2O5.